The number of rotatable bonds is 4. The highest BCUT2D eigenvalue weighted by molar-refractivity contribution is 7.99. The summed E-state index contributed by atoms with van der Waals surface area (Å²) in [5.41, 5.74) is 0.852. The predicted molar refractivity (Wildman–Crippen MR) is 80.4 cm³/mol. The van der Waals surface area contributed by atoms with Crippen LogP contribution in [0.25, 0.3) is 0 Å². The molecule has 1 amide bonds. The molecular formula is C12H10Cl2N4OS. The standard InChI is InChI=1S/C12H10Cl2N4OS/c1-7-2-3-15-12(17-7)20-6-10(19)18-11-9(14)4-8(13)5-16-11/h2-5H,6H2,1H3,(H,16,18,19). The molecule has 0 bridgehead atoms. The molecule has 0 aliphatic heterocycles. The fraction of sp³-hybridized carbons (Fsp3) is 0.167. The fourth-order valence-electron chi connectivity index (χ4n) is 1.30. The van der Waals surface area contributed by atoms with Crippen molar-refractivity contribution in [3.05, 3.63) is 40.3 Å². The second kappa shape index (κ2) is 6.88. The van der Waals surface area contributed by atoms with Gasteiger partial charge in [0.15, 0.2) is 11.0 Å². The average Bonchev–Trinajstić information content (AvgIpc) is 2.40. The van der Waals surface area contributed by atoms with E-state index in [9.17, 15) is 4.79 Å². The fourth-order valence-corrected chi connectivity index (χ4v) is 2.40. The first kappa shape index (κ1) is 15.0. The molecule has 0 saturated carbocycles. The number of anilines is 1. The smallest absolute Gasteiger partial charge is 0.236 e. The highest BCUT2D eigenvalue weighted by Gasteiger charge is 2.09. The largest absolute Gasteiger partial charge is 0.309 e. The average molecular weight is 329 g/mol. The molecule has 8 heteroatoms. The summed E-state index contributed by atoms with van der Waals surface area (Å²) in [7, 11) is 0. The maximum absolute atomic E-state index is 11.8. The number of pyridine rings is 1. The van der Waals surface area contributed by atoms with E-state index < -0.39 is 0 Å². The number of carbonyl (C=O) groups is 1. The molecule has 0 saturated heterocycles. The molecule has 0 aromatic carbocycles. The molecule has 20 heavy (non-hydrogen) atoms. The van der Waals surface area contributed by atoms with Gasteiger partial charge in [0.25, 0.3) is 0 Å². The number of hydrogen-bond donors (Lipinski definition) is 1. The molecule has 0 spiro atoms. The molecule has 0 aliphatic carbocycles. The van der Waals surface area contributed by atoms with E-state index in [-0.39, 0.29) is 17.5 Å². The van der Waals surface area contributed by atoms with E-state index in [1.807, 2.05) is 6.92 Å². The normalized spacial score (nSPS) is 10.3. The molecule has 2 aromatic rings. The summed E-state index contributed by atoms with van der Waals surface area (Å²) < 4.78 is 0. The van der Waals surface area contributed by atoms with Gasteiger partial charge in [-0.15, -0.1) is 0 Å². The van der Waals surface area contributed by atoms with Gasteiger partial charge >= 0.3 is 0 Å². The quantitative estimate of drug-likeness (QED) is 0.689. The van der Waals surface area contributed by atoms with Gasteiger partial charge in [-0.25, -0.2) is 15.0 Å². The Morgan fingerprint density at radius 2 is 2.20 bits per heavy atom. The number of halogens is 2. The summed E-state index contributed by atoms with van der Waals surface area (Å²) in [6.07, 6.45) is 3.07. The molecule has 2 heterocycles. The molecule has 5 nitrogen and oxygen atoms in total. The van der Waals surface area contributed by atoms with E-state index in [0.717, 1.165) is 5.69 Å². The van der Waals surface area contributed by atoms with E-state index in [4.69, 9.17) is 23.2 Å². The Balaban J connectivity index is 1.92. The van der Waals surface area contributed by atoms with Crippen LogP contribution in [-0.4, -0.2) is 26.6 Å². The maximum Gasteiger partial charge on any atom is 0.236 e. The third kappa shape index (κ3) is 4.33. The zero-order valence-electron chi connectivity index (χ0n) is 10.4. The Labute approximate surface area is 130 Å². The number of aromatic nitrogens is 3. The van der Waals surface area contributed by atoms with Crippen molar-refractivity contribution in [3.63, 3.8) is 0 Å². The minimum absolute atomic E-state index is 0.171. The van der Waals surface area contributed by atoms with Crippen molar-refractivity contribution < 1.29 is 4.79 Å². The topological polar surface area (TPSA) is 67.8 Å². The first-order valence-corrected chi connectivity index (χ1v) is 7.32. The van der Waals surface area contributed by atoms with Crippen molar-refractivity contribution in [1.29, 1.82) is 0 Å². The second-order valence-electron chi connectivity index (χ2n) is 3.80. The Kier molecular flexibility index (Phi) is 5.17. The summed E-state index contributed by atoms with van der Waals surface area (Å²) in [6, 6.07) is 3.31. The van der Waals surface area contributed by atoms with Gasteiger partial charge < -0.3 is 5.32 Å². The van der Waals surface area contributed by atoms with Crippen LogP contribution in [0.4, 0.5) is 5.82 Å². The first-order valence-electron chi connectivity index (χ1n) is 5.58. The zero-order chi connectivity index (χ0) is 14.5. The molecule has 0 aliphatic rings. The van der Waals surface area contributed by atoms with Gasteiger partial charge in [-0.1, -0.05) is 35.0 Å². The van der Waals surface area contributed by atoms with Crippen LogP contribution in [0.3, 0.4) is 0 Å². The number of hydrogen-bond acceptors (Lipinski definition) is 5. The lowest BCUT2D eigenvalue weighted by Crippen LogP contribution is -2.15. The van der Waals surface area contributed by atoms with Gasteiger partial charge in [0.2, 0.25) is 5.91 Å². The van der Waals surface area contributed by atoms with Crippen LogP contribution in [0.15, 0.2) is 29.7 Å². The highest BCUT2D eigenvalue weighted by atomic mass is 35.5. The van der Waals surface area contributed by atoms with E-state index in [1.165, 1.54) is 24.0 Å². The van der Waals surface area contributed by atoms with Crippen molar-refractivity contribution in [2.24, 2.45) is 0 Å². The Hall–Kier alpha value is -1.37. The van der Waals surface area contributed by atoms with Crippen molar-refractivity contribution in [3.8, 4) is 0 Å². The maximum atomic E-state index is 11.8. The van der Waals surface area contributed by atoms with Gasteiger partial charge in [-0.05, 0) is 19.1 Å². The SMILES string of the molecule is Cc1ccnc(SCC(=O)Nc2ncc(Cl)cc2Cl)n1. The van der Waals surface area contributed by atoms with Crippen LogP contribution < -0.4 is 5.32 Å². The highest BCUT2D eigenvalue weighted by Crippen LogP contribution is 2.22. The van der Waals surface area contributed by atoms with Gasteiger partial charge in [-0.3, -0.25) is 4.79 Å². The predicted octanol–water partition coefficient (Wildman–Crippen LogP) is 3.22. The van der Waals surface area contributed by atoms with E-state index in [2.05, 4.69) is 20.3 Å². The number of nitrogens with zero attached hydrogens (tertiary/aromatic N) is 3. The van der Waals surface area contributed by atoms with Crippen molar-refractivity contribution in [2.45, 2.75) is 12.1 Å². The Morgan fingerprint density at radius 3 is 2.90 bits per heavy atom. The van der Waals surface area contributed by atoms with Crippen LogP contribution >= 0.6 is 35.0 Å². The van der Waals surface area contributed by atoms with Crippen molar-refractivity contribution in [2.75, 3.05) is 11.1 Å². The molecule has 0 unspecified atom stereocenters. The summed E-state index contributed by atoms with van der Waals surface area (Å²) in [6.45, 7) is 1.86. The van der Waals surface area contributed by atoms with Gasteiger partial charge in [0, 0.05) is 18.1 Å². The lowest BCUT2D eigenvalue weighted by Gasteiger charge is -2.06. The molecule has 104 valence electrons. The van der Waals surface area contributed by atoms with E-state index in [1.54, 1.807) is 12.3 Å². The lowest BCUT2D eigenvalue weighted by molar-refractivity contribution is -0.113. The number of aryl methyl sites for hydroxylation is 1. The van der Waals surface area contributed by atoms with Gasteiger partial charge in [-0.2, -0.15) is 0 Å². The van der Waals surface area contributed by atoms with Crippen molar-refractivity contribution in [1.82, 2.24) is 15.0 Å². The lowest BCUT2D eigenvalue weighted by atomic mass is 10.4. The zero-order valence-corrected chi connectivity index (χ0v) is 12.8. The van der Waals surface area contributed by atoms with Crippen LogP contribution in [0.2, 0.25) is 10.0 Å². The number of amides is 1. The minimum Gasteiger partial charge on any atom is -0.309 e. The molecule has 0 fully saturated rings. The minimum atomic E-state index is -0.239. The number of nitrogens with one attached hydrogen (secondary N) is 1. The van der Waals surface area contributed by atoms with Gasteiger partial charge in [0.1, 0.15) is 0 Å². The van der Waals surface area contributed by atoms with Crippen LogP contribution in [-0.2, 0) is 4.79 Å². The summed E-state index contributed by atoms with van der Waals surface area (Å²) in [5.74, 6) is 0.216. The number of carbonyl (C=O) groups excluding carboxylic acids is 1. The molecule has 1 N–H and O–H groups in total. The van der Waals surface area contributed by atoms with Crippen LogP contribution in [0.1, 0.15) is 5.69 Å². The van der Waals surface area contributed by atoms with Crippen LogP contribution in [0.5, 0.6) is 0 Å². The Bertz CT molecular complexity index is 639. The van der Waals surface area contributed by atoms with Crippen LogP contribution in [0, 0.1) is 6.92 Å². The molecular weight excluding hydrogens is 319 g/mol. The Morgan fingerprint density at radius 1 is 1.40 bits per heavy atom. The molecule has 0 atom stereocenters. The van der Waals surface area contributed by atoms with Gasteiger partial charge in [0.05, 0.1) is 15.8 Å². The molecule has 2 aromatic heterocycles. The number of thioether (sulfide) groups is 1. The molecule has 2 rings (SSSR count). The summed E-state index contributed by atoms with van der Waals surface area (Å²) >= 11 is 12.9. The third-order valence-electron chi connectivity index (χ3n) is 2.17. The second-order valence-corrected chi connectivity index (χ2v) is 5.59. The first-order chi connectivity index (χ1) is 9.54. The monoisotopic (exact) mass is 328 g/mol. The summed E-state index contributed by atoms with van der Waals surface area (Å²) in [4.78, 5) is 24.0. The molecule has 0 radical (unpaired) electrons. The van der Waals surface area contributed by atoms with E-state index >= 15 is 0 Å². The summed E-state index contributed by atoms with van der Waals surface area (Å²) in [5, 5.41) is 3.86. The van der Waals surface area contributed by atoms with Crippen molar-refractivity contribution >= 4 is 46.7 Å². The van der Waals surface area contributed by atoms with E-state index in [0.29, 0.717) is 15.2 Å². The third-order valence-corrected chi connectivity index (χ3v) is 3.53.